The van der Waals surface area contributed by atoms with Crippen molar-refractivity contribution in [3.63, 3.8) is 0 Å². The molecule has 0 unspecified atom stereocenters. The third-order valence-electron chi connectivity index (χ3n) is 2.79. The normalized spacial score (nSPS) is 10.2. The minimum absolute atomic E-state index is 0.0424. The maximum Gasteiger partial charge on any atom is 0.262 e. The molecule has 110 valence electrons. The van der Waals surface area contributed by atoms with Gasteiger partial charge in [-0.25, -0.2) is 4.39 Å². The minimum atomic E-state index is -0.471. The number of nitrogens with one attached hydrogen (secondary N) is 1. The van der Waals surface area contributed by atoms with Gasteiger partial charge in [-0.15, -0.1) is 0 Å². The van der Waals surface area contributed by atoms with E-state index in [0.29, 0.717) is 22.0 Å². The molecular formula is C15H14ClFN2O2. The first-order valence-electron chi connectivity index (χ1n) is 6.20. The highest BCUT2D eigenvalue weighted by Gasteiger charge is 2.09. The molecule has 0 saturated carbocycles. The van der Waals surface area contributed by atoms with Crippen LogP contribution < -0.4 is 15.8 Å². The van der Waals surface area contributed by atoms with E-state index in [2.05, 4.69) is 5.32 Å². The van der Waals surface area contributed by atoms with Gasteiger partial charge in [0.25, 0.3) is 5.91 Å². The third kappa shape index (κ3) is 3.86. The molecule has 6 heteroatoms. The molecule has 0 radical (unpaired) electrons. The van der Waals surface area contributed by atoms with Crippen molar-refractivity contribution in [2.24, 2.45) is 0 Å². The van der Waals surface area contributed by atoms with Crippen molar-refractivity contribution < 1.29 is 13.9 Å². The van der Waals surface area contributed by atoms with E-state index in [0.717, 1.165) is 0 Å². The summed E-state index contributed by atoms with van der Waals surface area (Å²) in [5, 5.41) is 3.00. The van der Waals surface area contributed by atoms with E-state index in [1.165, 1.54) is 12.1 Å². The number of hydrogen-bond acceptors (Lipinski definition) is 3. The summed E-state index contributed by atoms with van der Waals surface area (Å²) in [7, 11) is 0. The lowest BCUT2D eigenvalue weighted by molar-refractivity contribution is -0.118. The number of anilines is 2. The molecule has 4 nitrogen and oxygen atoms in total. The molecule has 0 atom stereocenters. The summed E-state index contributed by atoms with van der Waals surface area (Å²) in [5.74, 6) is -0.848. The van der Waals surface area contributed by atoms with Crippen molar-refractivity contribution in [1.29, 1.82) is 0 Å². The zero-order chi connectivity index (χ0) is 15.4. The zero-order valence-corrected chi connectivity index (χ0v) is 12.1. The highest BCUT2D eigenvalue weighted by Crippen LogP contribution is 2.22. The maximum atomic E-state index is 13.7. The van der Waals surface area contributed by atoms with Gasteiger partial charge >= 0.3 is 0 Å². The summed E-state index contributed by atoms with van der Waals surface area (Å²) in [4.78, 5) is 11.7. The first-order chi connectivity index (χ1) is 9.97. The summed E-state index contributed by atoms with van der Waals surface area (Å²) in [6, 6.07) is 9.48. The Morgan fingerprint density at radius 2 is 2.14 bits per heavy atom. The topological polar surface area (TPSA) is 64.3 Å². The summed E-state index contributed by atoms with van der Waals surface area (Å²) >= 11 is 5.79. The molecule has 0 aliphatic rings. The van der Waals surface area contributed by atoms with Gasteiger partial charge in [0.1, 0.15) is 0 Å². The van der Waals surface area contributed by atoms with Crippen molar-refractivity contribution >= 4 is 28.9 Å². The number of carbonyl (C=O) groups excluding carboxylic acids is 1. The van der Waals surface area contributed by atoms with E-state index in [4.69, 9.17) is 22.1 Å². The highest BCUT2D eigenvalue weighted by atomic mass is 35.5. The minimum Gasteiger partial charge on any atom is -0.481 e. The molecule has 0 saturated heterocycles. The van der Waals surface area contributed by atoms with E-state index >= 15 is 0 Å². The third-order valence-corrected chi connectivity index (χ3v) is 3.14. The molecule has 0 aromatic heterocycles. The summed E-state index contributed by atoms with van der Waals surface area (Å²) < 4.78 is 18.8. The van der Waals surface area contributed by atoms with E-state index in [9.17, 15) is 9.18 Å². The standard InChI is InChI=1S/C15H14ClFN2O2/c1-9-3-2-4-13(15(9)17)21-8-14(20)19-10-5-6-11(16)12(18)7-10/h2-7H,8,18H2,1H3,(H,19,20). The number of nitrogen functional groups attached to an aromatic ring is 1. The van der Waals surface area contributed by atoms with Gasteiger partial charge in [0.2, 0.25) is 0 Å². The van der Waals surface area contributed by atoms with Crippen LogP contribution in [0.25, 0.3) is 0 Å². The zero-order valence-electron chi connectivity index (χ0n) is 11.3. The van der Waals surface area contributed by atoms with Crippen LogP contribution in [-0.2, 0) is 4.79 Å². The van der Waals surface area contributed by atoms with Crippen molar-refractivity contribution in [2.75, 3.05) is 17.7 Å². The van der Waals surface area contributed by atoms with Gasteiger partial charge < -0.3 is 15.8 Å². The van der Waals surface area contributed by atoms with Crippen LogP contribution in [0.2, 0.25) is 5.02 Å². The van der Waals surface area contributed by atoms with Crippen LogP contribution in [0.5, 0.6) is 5.75 Å². The van der Waals surface area contributed by atoms with Crippen LogP contribution in [-0.4, -0.2) is 12.5 Å². The largest absolute Gasteiger partial charge is 0.481 e. The highest BCUT2D eigenvalue weighted by molar-refractivity contribution is 6.33. The molecule has 3 N–H and O–H groups in total. The van der Waals surface area contributed by atoms with Gasteiger partial charge in [-0.2, -0.15) is 0 Å². The molecular weight excluding hydrogens is 295 g/mol. The Kier molecular flexibility index (Phi) is 4.65. The lowest BCUT2D eigenvalue weighted by Crippen LogP contribution is -2.20. The Balaban J connectivity index is 1.96. The van der Waals surface area contributed by atoms with Gasteiger partial charge in [-0.05, 0) is 36.8 Å². The molecule has 0 spiro atoms. The summed E-state index contributed by atoms with van der Waals surface area (Å²) in [6.45, 7) is 1.32. The molecule has 0 fully saturated rings. The number of nitrogens with two attached hydrogens (primary N) is 1. The van der Waals surface area contributed by atoms with Gasteiger partial charge in [-0.3, -0.25) is 4.79 Å². The number of benzene rings is 2. The number of aryl methyl sites for hydroxylation is 1. The van der Waals surface area contributed by atoms with Gasteiger partial charge in [-0.1, -0.05) is 23.7 Å². The van der Waals surface area contributed by atoms with Crippen LogP contribution in [0, 0.1) is 12.7 Å². The fourth-order valence-electron chi connectivity index (χ4n) is 1.69. The number of halogens is 2. The second-order valence-electron chi connectivity index (χ2n) is 4.46. The summed E-state index contributed by atoms with van der Waals surface area (Å²) in [6.07, 6.45) is 0. The predicted octanol–water partition coefficient (Wildman–Crippen LogP) is 3.39. The average Bonchev–Trinajstić information content (AvgIpc) is 2.44. The SMILES string of the molecule is Cc1cccc(OCC(=O)Nc2ccc(Cl)c(N)c2)c1F. The Morgan fingerprint density at radius 1 is 1.38 bits per heavy atom. The van der Waals surface area contributed by atoms with Crippen LogP contribution in [0.15, 0.2) is 36.4 Å². The molecule has 0 aliphatic carbocycles. The second-order valence-corrected chi connectivity index (χ2v) is 4.87. The van der Waals surface area contributed by atoms with Crippen LogP contribution in [0.4, 0.5) is 15.8 Å². The van der Waals surface area contributed by atoms with E-state index in [1.807, 2.05) is 0 Å². The van der Waals surface area contributed by atoms with Crippen molar-refractivity contribution in [2.45, 2.75) is 6.92 Å². The Morgan fingerprint density at radius 3 is 2.86 bits per heavy atom. The Bertz CT molecular complexity index is 677. The van der Waals surface area contributed by atoms with E-state index in [1.54, 1.807) is 31.2 Å². The average molecular weight is 309 g/mol. The van der Waals surface area contributed by atoms with Gasteiger partial charge in [0.05, 0.1) is 10.7 Å². The summed E-state index contributed by atoms with van der Waals surface area (Å²) in [5.41, 5.74) is 6.95. The van der Waals surface area contributed by atoms with Crippen molar-refractivity contribution in [3.05, 3.63) is 52.8 Å². The first kappa shape index (κ1) is 15.1. The molecule has 1 amide bonds. The van der Waals surface area contributed by atoms with Gasteiger partial charge in [0.15, 0.2) is 18.2 Å². The van der Waals surface area contributed by atoms with Crippen LogP contribution >= 0.6 is 11.6 Å². The fourth-order valence-corrected chi connectivity index (χ4v) is 1.81. The fraction of sp³-hybridized carbons (Fsp3) is 0.133. The van der Waals surface area contributed by atoms with Crippen molar-refractivity contribution in [1.82, 2.24) is 0 Å². The number of amides is 1. The molecule has 2 aromatic rings. The molecule has 0 heterocycles. The Labute approximate surface area is 126 Å². The van der Waals surface area contributed by atoms with Crippen LogP contribution in [0.3, 0.4) is 0 Å². The number of ether oxygens (including phenoxy) is 1. The molecule has 0 bridgehead atoms. The van der Waals surface area contributed by atoms with Crippen molar-refractivity contribution in [3.8, 4) is 5.75 Å². The van der Waals surface area contributed by atoms with Crippen LogP contribution in [0.1, 0.15) is 5.56 Å². The number of carbonyl (C=O) groups is 1. The number of rotatable bonds is 4. The predicted molar refractivity (Wildman–Crippen MR) is 81.1 cm³/mol. The molecule has 0 aliphatic heterocycles. The number of hydrogen-bond donors (Lipinski definition) is 2. The molecule has 2 aromatic carbocycles. The lowest BCUT2D eigenvalue weighted by Gasteiger charge is -2.10. The van der Waals surface area contributed by atoms with E-state index in [-0.39, 0.29) is 12.4 Å². The lowest BCUT2D eigenvalue weighted by atomic mass is 10.2. The smallest absolute Gasteiger partial charge is 0.262 e. The quantitative estimate of drug-likeness (QED) is 0.851. The van der Waals surface area contributed by atoms with E-state index < -0.39 is 11.7 Å². The first-order valence-corrected chi connectivity index (χ1v) is 6.58. The monoisotopic (exact) mass is 308 g/mol. The Hall–Kier alpha value is -2.27. The second kappa shape index (κ2) is 6.45. The molecule has 2 rings (SSSR count). The van der Waals surface area contributed by atoms with Gasteiger partial charge in [0, 0.05) is 5.69 Å². The maximum absolute atomic E-state index is 13.7. The molecule has 21 heavy (non-hydrogen) atoms.